The molecule has 1 aliphatic heterocycles. The monoisotopic (exact) mass is 297 g/mol. The minimum absolute atomic E-state index is 0.117. The highest BCUT2D eigenvalue weighted by molar-refractivity contribution is 5.74. The zero-order valence-corrected chi connectivity index (χ0v) is 10.7. The molecule has 11 nitrogen and oxygen atoms in total. The van der Waals surface area contributed by atoms with Crippen LogP contribution in [0.25, 0.3) is 0 Å². The van der Waals surface area contributed by atoms with Crippen molar-refractivity contribution in [3.8, 4) is 0 Å². The molecule has 2 rings (SSSR count). The average molecular weight is 297 g/mol. The molecular formula is C10H11N5O6. The van der Waals surface area contributed by atoms with Crippen molar-refractivity contribution in [1.82, 2.24) is 9.88 Å². The third-order valence-electron chi connectivity index (χ3n) is 3.14. The van der Waals surface area contributed by atoms with Crippen LogP contribution in [0.4, 0.5) is 21.9 Å². The van der Waals surface area contributed by atoms with Crippen LogP contribution in [0.5, 0.6) is 0 Å². The highest BCUT2D eigenvalue weighted by atomic mass is 16.6. The van der Waals surface area contributed by atoms with E-state index < -0.39 is 27.3 Å². The Morgan fingerprint density at radius 1 is 1.10 bits per heavy atom. The predicted molar refractivity (Wildman–Crippen MR) is 69.4 cm³/mol. The maximum atomic E-state index is 11.0. The minimum Gasteiger partial charge on any atom is -0.465 e. The molecule has 0 radical (unpaired) electrons. The van der Waals surface area contributed by atoms with Crippen molar-refractivity contribution in [3.05, 3.63) is 32.6 Å². The second-order valence-corrected chi connectivity index (χ2v) is 4.30. The van der Waals surface area contributed by atoms with E-state index in [0.29, 0.717) is 0 Å². The van der Waals surface area contributed by atoms with Crippen LogP contribution in [0.15, 0.2) is 12.4 Å². The van der Waals surface area contributed by atoms with Crippen LogP contribution in [0, 0.1) is 20.2 Å². The summed E-state index contributed by atoms with van der Waals surface area (Å²) in [5, 5.41) is 30.9. The van der Waals surface area contributed by atoms with Gasteiger partial charge in [-0.15, -0.1) is 0 Å². The van der Waals surface area contributed by atoms with Gasteiger partial charge in [0.25, 0.3) is 0 Å². The molecule has 1 N–H and O–H groups in total. The number of carbonyl (C=O) groups is 1. The molecule has 0 aromatic carbocycles. The smallest absolute Gasteiger partial charge is 0.407 e. The van der Waals surface area contributed by atoms with Gasteiger partial charge in [0, 0.05) is 26.2 Å². The van der Waals surface area contributed by atoms with E-state index in [1.807, 2.05) is 0 Å². The lowest BCUT2D eigenvalue weighted by Gasteiger charge is -2.33. The van der Waals surface area contributed by atoms with Gasteiger partial charge >= 0.3 is 17.5 Å². The lowest BCUT2D eigenvalue weighted by molar-refractivity contribution is -0.393. The van der Waals surface area contributed by atoms with Gasteiger partial charge in [-0.1, -0.05) is 0 Å². The molecule has 0 atom stereocenters. The number of carboxylic acid groups (broad SMARTS) is 1. The predicted octanol–water partition coefficient (Wildman–Crippen LogP) is 0.698. The molecular weight excluding hydrogens is 286 g/mol. The molecule has 2 heterocycles. The van der Waals surface area contributed by atoms with Crippen molar-refractivity contribution in [2.45, 2.75) is 0 Å². The van der Waals surface area contributed by atoms with Crippen molar-refractivity contribution in [2.24, 2.45) is 0 Å². The average Bonchev–Trinajstić information content (AvgIpc) is 2.46. The molecule has 0 bridgehead atoms. The van der Waals surface area contributed by atoms with Gasteiger partial charge in [0.15, 0.2) is 5.69 Å². The number of anilines is 1. The zero-order chi connectivity index (χ0) is 15.6. The molecule has 11 heteroatoms. The van der Waals surface area contributed by atoms with E-state index in [1.54, 1.807) is 0 Å². The maximum Gasteiger partial charge on any atom is 0.407 e. The van der Waals surface area contributed by atoms with Crippen LogP contribution >= 0.6 is 0 Å². The molecule has 112 valence electrons. The van der Waals surface area contributed by atoms with Gasteiger partial charge in [-0.3, -0.25) is 25.2 Å². The SMILES string of the molecule is O=C(O)N1CCN(c2c([N+](=O)[O-])cncc2[N+](=O)[O-])CC1. The first kappa shape index (κ1) is 14.4. The largest absolute Gasteiger partial charge is 0.465 e. The normalized spacial score (nSPS) is 14.9. The molecule has 1 amide bonds. The van der Waals surface area contributed by atoms with Gasteiger partial charge in [-0.05, 0) is 0 Å². The summed E-state index contributed by atoms with van der Waals surface area (Å²) in [5.74, 6) is 0. The number of pyridine rings is 1. The van der Waals surface area contributed by atoms with Crippen LogP contribution in [0.2, 0.25) is 0 Å². The van der Waals surface area contributed by atoms with E-state index in [9.17, 15) is 25.0 Å². The highest BCUT2D eigenvalue weighted by Crippen LogP contribution is 2.36. The first-order valence-corrected chi connectivity index (χ1v) is 5.91. The minimum atomic E-state index is -1.09. The van der Waals surface area contributed by atoms with Crippen molar-refractivity contribution < 1.29 is 19.7 Å². The molecule has 0 unspecified atom stereocenters. The lowest BCUT2D eigenvalue weighted by atomic mass is 10.2. The molecule has 1 aromatic rings. The van der Waals surface area contributed by atoms with Gasteiger partial charge in [-0.2, -0.15) is 0 Å². The van der Waals surface area contributed by atoms with Crippen LogP contribution in [0.1, 0.15) is 0 Å². The molecule has 21 heavy (non-hydrogen) atoms. The Hall–Kier alpha value is -2.98. The maximum absolute atomic E-state index is 11.0. The molecule has 1 aliphatic rings. The van der Waals surface area contributed by atoms with E-state index in [-0.39, 0.29) is 31.9 Å². The topological polar surface area (TPSA) is 143 Å². The van der Waals surface area contributed by atoms with Crippen molar-refractivity contribution in [3.63, 3.8) is 0 Å². The summed E-state index contributed by atoms with van der Waals surface area (Å²) < 4.78 is 0. The fraction of sp³-hybridized carbons (Fsp3) is 0.400. The third-order valence-corrected chi connectivity index (χ3v) is 3.14. The fourth-order valence-corrected chi connectivity index (χ4v) is 2.14. The number of nitrogens with zero attached hydrogens (tertiary/aromatic N) is 5. The summed E-state index contributed by atoms with van der Waals surface area (Å²) in [6.45, 7) is 0.508. The highest BCUT2D eigenvalue weighted by Gasteiger charge is 2.32. The van der Waals surface area contributed by atoms with E-state index in [1.165, 1.54) is 4.90 Å². The molecule has 0 saturated carbocycles. The van der Waals surface area contributed by atoms with Crippen LogP contribution in [0.3, 0.4) is 0 Å². The molecule has 0 spiro atoms. The number of hydrogen-bond donors (Lipinski definition) is 1. The Morgan fingerprint density at radius 3 is 1.95 bits per heavy atom. The van der Waals surface area contributed by atoms with Crippen LogP contribution in [-0.2, 0) is 0 Å². The van der Waals surface area contributed by atoms with Gasteiger partial charge in [0.2, 0.25) is 0 Å². The Kier molecular flexibility index (Phi) is 3.82. The van der Waals surface area contributed by atoms with Crippen LogP contribution in [-0.4, -0.2) is 57.1 Å². The standard InChI is InChI=1S/C10H11N5O6/c16-10(17)13-3-1-12(2-4-13)9-7(14(18)19)5-11-6-8(9)15(20)21/h5-6H,1-4H2,(H,16,17). The van der Waals surface area contributed by atoms with E-state index >= 15 is 0 Å². The third kappa shape index (κ3) is 2.80. The Morgan fingerprint density at radius 2 is 1.57 bits per heavy atom. The summed E-state index contributed by atoms with van der Waals surface area (Å²) in [5.41, 5.74) is -1.06. The summed E-state index contributed by atoms with van der Waals surface area (Å²) in [4.78, 5) is 37.5. The van der Waals surface area contributed by atoms with Gasteiger partial charge in [0.1, 0.15) is 12.4 Å². The number of aromatic nitrogens is 1. The summed E-state index contributed by atoms with van der Waals surface area (Å²) in [7, 11) is 0. The number of hydrogen-bond acceptors (Lipinski definition) is 7. The van der Waals surface area contributed by atoms with Gasteiger partial charge in [-0.25, -0.2) is 4.79 Å². The van der Waals surface area contributed by atoms with E-state index in [2.05, 4.69) is 4.98 Å². The molecule has 0 aliphatic carbocycles. The number of nitro groups is 2. The second-order valence-electron chi connectivity index (χ2n) is 4.30. The summed E-state index contributed by atoms with van der Waals surface area (Å²) >= 11 is 0. The molecule has 1 saturated heterocycles. The van der Waals surface area contributed by atoms with Crippen molar-refractivity contribution >= 4 is 23.2 Å². The number of amides is 1. The van der Waals surface area contributed by atoms with Gasteiger partial charge < -0.3 is 14.9 Å². The first-order valence-electron chi connectivity index (χ1n) is 5.91. The van der Waals surface area contributed by atoms with Crippen LogP contribution < -0.4 is 4.90 Å². The lowest BCUT2D eigenvalue weighted by Crippen LogP contribution is -2.48. The fourth-order valence-electron chi connectivity index (χ4n) is 2.14. The second kappa shape index (κ2) is 5.56. The molecule has 1 fully saturated rings. The zero-order valence-electron chi connectivity index (χ0n) is 10.7. The van der Waals surface area contributed by atoms with E-state index in [0.717, 1.165) is 17.3 Å². The quantitative estimate of drug-likeness (QED) is 0.634. The Labute approximate surface area is 117 Å². The Bertz CT molecular complexity index is 565. The first-order chi connectivity index (χ1) is 9.91. The van der Waals surface area contributed by atoms with Gasteiger partial charge in [0.05, 0.1) is 9.85 Å². The molecule has 1 aromatic heterocycles. The van der Waals surface area contributed by atoms with Crippen molar-refractivity contribution in [1.29, 1.82) is 0 Å². The summed E-state index contributed by atoms with van der Waals surface area (Å²) in [6.07, 6.45) is 0.811. The van der Waals surface area contributed by atoms with Crippen molar-refractivity contribution in [2.75, 3.05) is 31.1 Å². The Balaban J connectivity index is 2.37. The number of piperazine rings is 1. The summed E-state index contributed by atoms with van der Waals surface area (Å²) in [6, 6.07) is 0. The number of rotatable bonds is 3. The van der Waals surface area contributed by atoms with E-state index in [4.69, 9.17) is 5.11 Å².